The molecule has 0 aliphatic rings. The summed E-state index contributed by atoms with van der Waals surface area (Å²) in [5.74, 6) is 0.879. The lowest BCUT2D eigenvalue weighted by Gasteiger charge is -2.23. The summed E-state index contributed by atoms with van der Waals surface area (Å²) in [6, 6.07) is 15.9. The number of nitrogens with two attached hydrogens (primary N) is 1. The second kappa shape index (κ2) is 10.9. The Hall–Kier alpha value is -2.66. The summed E-state index contributed by atoms with van der Waals surface area (Å²) in [6.45, 7) is 12.2. The highest BCUT2D eigenvalue weighted by Gasteiger charge is 2.26. The minimum Gasteiger partial charge on any atom is -0.330 e. The normalized spacial score (nSPS) is 13.2. The molecular weight excluding hydrogens is 374 g/mol. The third-order valence-corrected chi connectivity index (χ3v) is 5.11. The molecule has 4 N–H and O–H groups in total. The summed E-state index contributed by atoms with van der Waals surface area (Å²) < 4.78 is 0. The van der Waals surface area contributed by atoms with Crippen LogP contribution in [0.1, 0.15) is 58.7 Å². The summed E-state index contributed by atoms with van der Waals surface area (Å²) >= 11 is 0. The third-order valence-electron chi connectivity index (χ3n) is 5.11. The van der Waals surface area contributed by atoms with Gasteiger partial charge in [0.2, 0.25) is 5.91 Å². The van der Waals surface area contributed by atoms with E-state index in [4.69, 9.17) is 0 Å². The fourth-order valence-corrected chi connectivity index (χ4v) is 3.56. The van der Waals surface area contributed by atoms with E-state index in [0.29, 0.717) is 23.2 Å². The molecule has 2 rings (SSSR count). The van der Waals surface area contributed by atoms with Gasteiger partial charge in [-0.15, -0.1) is 0 Å². The van der Waals surface area contributed by atoms with Crippen LogP contribution in [0, 0.1) is 11.8 Å². The molecule has 162 valence electrons. The zero-order valence-electron chi connectivity index (χ0n) is 19.0. The summed E-state index contributed by atoms with van der Waals surface area (Å²) in [7, 11) is 0. The van der Waals surface area contributed by atoms with Crippen molar-refractivity contribution in [1.29, 1.82) is 0 Å². The predicted molar refractivity (Wildman–Crippen MR) is 123 cm³/mol. The minimum absolute atomic E-state index is 0.0376. The highest BCUT2D eigenvalue weighted by atomic mass is 16.2. The van der Waals surface area contributed by atoms with E-state index in [9.17, 15) is 9.59 Å². The quantitative estimate of drug-likeness (QED) is 0.581. The van der Waals surface area contributed by atoms with Gasteiger partial charge in [0.05, 0.1) is 0 Å². The SMILES string of the molecule is CC(=O)Nc1ccc(NC(=O)[C@@H](C)[NH2+][C@@H](c2ccc(CC(C)C)cc2)C(C)C)cc1. The lowest BCUT2D eigenvalue weighted by Crippen LogP contribution is -2.93. The molecule has 2 atom stereocenters. The average molecular weight is 411 g/mol. The fourth-order valence-electron chi connectivity index (χ4n) is 3.56. The Bertz CT molecular complexity index is 826. The van der Waals surface area contributed by atoms with Crippen LogP contribution in [0.3, 0.4) is 0 Å². The summed E-state index contributed by atoms with van der Waals surface area (Å²) in [5, 5.41) is 7.83. The molecule has 0 saturated heterocycles. The number of carbonyl (C=O) groups is 2. The number of amides is 2. The van der Waals surface area contributed by atoms with Crippen LogP contribution in [-0.4, -0.2) is 17.9 Å². The number of nitrogens with one attached hydrogen (secondary N) is 2. The smallest absolute Gasteiger partial charge is 0.282 e. The Morgan fingerprint density at radius 1 is 0.833 bits per heavy atom. The molecule has 0 fully saturated rings. The number of anilines is 2. The van der Waals surface area contributed by atoms with E-state index in [-0.39, 0.29) is 23.9 Å². The molecule has 30 heavy (non-hydrogen) atoms. The maximum Gasteiger partial charge on any atom is 0.282 e. The molecule has 2 amide bonds. The van der Waals surface area contributed by atoms with E-state index < -0.39 is 0 Å². The van der Waals surface area contributed by atoms with Gasteiger partial charge < -0.3 is 16.0 Å². The van der Waals surface area contributed by atoms with Crippen molar-refractivity contribution in [3.05, 3.63) is 59.7 Å². The molecule has 0 aliphatic carbocycles. The van der Waals surface area contributed by atoms with Gasteiger partial charge in [-0.3, -0.25) is 9.59 Å². The standard InChI is InChI=1S/C25H35N3O2/c1-16(2)15-20-7-9-21(10-8-20)24(17(3)4)26-18(5)25(30)28-23-13-11-22(12-14-23)27-19(6)29/h7-14,16-18,24,26H,15H2,1-6H3,(H,27,29)(H,28,30)/p+1/t18-,24-/m1/s1. The van der Waals surface area contributed by atoms with Crippen LogP contribution in [0.15, 0.2) is 48.5 Å². The van der Waals surface area contributed by atoms with E-state index in [0.717, 1.165) is 6.42 Å². The van der Waals surface area contributed by atoms with Gasteiger partial charge in [0.25, 0.3) is 5.91 Å². The maximum atomic E-state index is 12.7. The molecule has 0 saturated carbocycles. The summed E-state index contributed by atoms with van der Waals surface area (Å²) in [5.41, 5.74) is 4.02. The molecule has 5 heteroatoms. The number of benzene rings is 2. The first kappa shape index (κ1) is 23.6. The van der Waals surface area contributed by atoms with Crippen LogP contribution >= 0.6 is 0 Å². The largest absolute Gasteiger partial charge is 0.330 e. The van der Waals surface area contributed by atoms with Crippen LogP contribution in [-0.2, 0) is 16.0 Å². The zero-order valence-corrected chi connectivity index (χ0v) is 19.0. The average Bonchev–Trinajstić information content (AvgIpc) is 2.67. The molecule has 2 aromatic carbocycles. The van der Waals surface area contributed by atoms with Gasteiger partial charge in [-0.2, -0.15) is 0 Å². The van der Waals surface area contributed by atoms with Gasteiger partial charge >= 0.3 is 0 Å². The van der Waals surface area contributed by atoms with E-state index in [1.807, 2.05) is 6.92 Å². The van der Waals surface area contributed by atoms with Gasteiger partial charge in [0.15, 0.2) is 6.04 Å². The van der Waals surface area contributed by atoms with Crippen molar-refractivity contribution >= 4 is 23.2 Å². The first-order valence-electron chi connectivity index (χ1n) is 10.8. The van der Waals surface area contributed by atoms with Crippen LogP contribution in [0.2, 0.25) is 0 Å². The molecule has 0 radical (unpaired) electrons. The number of hydrogen-bond donors (Lipinski definition) is 3. The molecule has 0 aliphatic heterocycles. The monoisotopic (exact) mass is 410 g/mol. The number of carbonyl (C=O) groups excluding carboxylic acids is 2. The fraction of sp³-hybridized carbons (Fsp3) is 0.440. The van der Waals surface area contributed by atoms with Gasteiger partial charge in [0, 0.05) is 29.8 Å². The Balaban J connectivity index is 2.00. The second-order valence-electron chi connectivity index (χ2n) is 8.84. The highest BCUT2D eigenvalue weighted by Crippen LogP contribution is 2.20. The predicted octanol–water partition coefficient (Wildman–Crippen LogP) is 4.13. The van der Waals surface area contributed by atoms with E-state index >= 15 is 0 Å². The highest BCUT2D eigenvalue weighted by molar-refractivity contribution is 5.94. The number of rotatable bonds is 9. The van der Waals surface area contributed by atoms with E-state index in [2.05, 4.69) is 67.9 Å². The number of quaternary nitrogens is 1. The third kappa shape index (κ3) is 7.30. The second-order valence-corrected chi connectivity index (χ2v) is 8.84. The molecule has 0 heterocycles. The van der Waals surface area contributed by atoms with E-state index in [1.165, 1.54) is 18.1 Å². The van der Waals surface area contributed by atoms with Crippen LogP contribution in [0.25, 0.3) is 0 Å². The molecular formula is C25H36N3O2+. The Morgan fingerprint density at radius 2 is 1.37 bits per heavy atom. The molecule has 0 aromatic heterocycles. The van der Waals surface area contributed by atoms with Crippen molar-refractivity contribution in [2.45, 2.75) is 60.0 Å². The van der Waals surface area contributed by atoms with Crippen LogP contribution < -0.4 is 16.0 Å². The number of hydrogen-bond acceptors (Lipinski definition) is 2. The van der Waals surface area contributed by atoms with Gasteiger partial charge in [0.1, 0.15) is 6.04 Å². The minimum atomic E-state index is -0.234. The summed E-state index contributed by atoms with van der Waals surface area (Å²) in [4.78, 5) is 23.8. The first-order chi connectivity index (χ1) is 14.2. The Morgan fingerprint density at radius 3 is 1.83 bits per heavy atom. The Kier molecular flexibility index (Phi) is 8.60. The van der Waals surface area contributed by atoms with Gasteiger partial charge in [-0.1, -0.05) is 52.0 Å². The molecule has 0 unspecified atom stereocenters. The van der Waals surface area contributed by atoms with Gasteiger partial charge in [-0.25, -0.2) is 0 Å². The van der Waals surface area contributed by atoms with Gasteiger partial charge in [-0.05, 0) is 49.1 Å². The first-order valence-corrected chi connectivity index (χ1v) is 10.8. The lowest BCUT2D eigenvalue weighted by molar-refractivity contribution is -0.718. The van der Waals surface area contributed by atoms with Crippen molar-refractivity contribution in [2.75, 3.05) is 10.6 Å². The van der Waals surface area contributed by atoms with E-state index in [1.54, 1.807) is 24.3 Å². The lowest BCUT2D eigenvalue weighted by atomic mass is 9.93. The van der Waals surface area contributed by atoms with Crippen molar-refractivity contribution in [3.8, 4) is 0 Å². The van der Waals surface area contributed by atoms with Crippen molar-refractivity contribution < 1.29 is 14.9 Å². The summed E-state index contributed by atoms with van der Waals surface area (Å²) in [6.07, 6.45) is 1.08. The molecule has 0 bridgehead atoms. The van der Waals surface area contributed by atoms with Crippen molar-refractivity contribution in [3.63, 3.8) is 0 Å². The van der Waals surface area contributed by atoms with Crippen molar-refractivity contribution in [1.82, 2.24) is 0 Å². The molecule has 2 aromatic rings. The topological polar surface area (TPSA) is 74.8 Å². The van der Waals surface area contributed by atoms with Crippen LogP contribution in [0.4, 0.5) is 11.4 Å². The Labute approximate surface area is 180 Å². The van der Waals surface area contributed by atoms with Crippen molar-refractivity contribution in [2.24, 2.45) is 11.8 Å². The molecule has 0 spiro atoms. The van der Waals surface area contributed by atoms with Crippen LogP contribution in [0.5, 0.6) is 0 Å². The molecule has 5 nitrogen and oxygen atoms in total. The zero-order chi connectivity index (χ0) is 22.3. The maximum absolute atomic E-state index is 12.7.